The smallest absolute Gasteiger partial charge is 0.345 e. The molecule has 0 unspecified atom stereocenters. The average molecular weight is 491 g/mol. The highest BCUT2D eigenvalue weighted by molar-refractivity contribution is 6.36. The summed E-state index contributed by atoms with van der Waals surface area (Å²) in [6.45, 7) is -0.297. The SMILES string of the molecule is COc1cc(/C=N/NC(=O)COc2ccc(F)cc2)ccc1OC(=O)c1ccc(Cl)cc1Cl. The molecule has 0 aliphatic heterocycles. The van der Waals surface area contributed by atoms with Crippen molar-refractivity contribution in [2.75, 3.05) is 13.7 Å². The molecule has 0 heterocycles. The number of hydrazone groups is 1. The Hall–Kier alpha value is -3.62. The topological polar surface area (TPSA) is 86.2 Å². The second-order valence-electron chi connectivity index (χ2n) is 6.46. The average Bonchev–Trinajstić information content (AvgIpc) is 2.79. The van der Waals surface area contributed by atoms with Gasteiger partial charge in [0, 0.05) is 5.02 Å². The first kappa shape index (κ1) is 24.0. The fourth-order valence-corrected chi connectivity index (χ4v) is 3.04. The van der Waals surface area contributed by atoms with Crippen molar-refractivity contribution in [2.24, 2.45) is 5.10 Å². The second kappa shape index (κ2) is 11.3. The van der Waals surface area contributed by atoms with Crippen LogP contribution in [0.5, 0.6) is 17.2 Å². The predicted octanol–water partition coefficient (Wildman–Crippen LogP) is 4.89. The number of hydrogen-bond donors (Lipinski definition) is 1. The first-order valence-corrected chi connectivity index (χ1v) is 10.2. The van der Waals surface area contributed by atoms with E-state index in [0.29, 0.717) is 16.3 Å². The third-order valence-electron chi connectivity index (χ3n) is 4.13. The number of esters is 1. The van der Waals surface area contributed by atoms with Gasteiger partial charge in [0.05, 0.1) is 23.9 Å². The molecule has 170 valence electrons. The number of carbonyl (C=O) groups excluding carboxylic acids is 2. The molecular formula is C23H17Cl2FN2O5. The third-order valence-corrected chi connectivity index (χ3v) is 4.68. The number of halogens is 3. The first-order valence-electron chi connectivity index (χ1n) is 9.41. The first-order chi connectivity index (χ1) is 15.9. The van der Waals surface area contributed by atoms with Crippen LogP contribution in [-0.4, -0.2) is 31.8 Å². The zero-order valence-corrected chi connectivity index (χ0v) is 18.7. The van der Waals surface area contributed by atoms with Gasteiger partial charge in [0.2, 0.25) is 0 Å². The Balaban J connectivity index is 1.58. The van der Waals surface area contributed by atoms with E-state index in [4.69, 9.17) is 37.4 Å². The van der Waals surface area contributed by atoms with Crippen molar-refractivity contribution in [3.63, 3.8) is 0 Å². The molecule has 0 aliphatic rings. The van der Waals surface area contributed by atoms with Gasteiger partial charge < -0.3 is 14.2 Å². The molecule has 0 saturated carbocycles. The summed E-state index contributed by atoms with van der Waals surface area (Å²) < 4.78 is 28.7. The molecule has 0 atom stereocenters. The second-order valence-corrected chi connectivity index (χ2v) is 7.30. The molecule has 0 radical (unpaired) electrons. The van der Waals surface area contributed by atoms with Crippen LogP contribution >= 0.6 is 23.2 Å². The fourth-order valence-electron chi connectivity index (χ4n) is 2.55. The predicted molar refractivity (Wildman–Crippen MR) is 122 cm³/mol. The number of hydrogen-bond acceptors (Lipinski definition) is 6. The van der Waals surface area contributed by atoms with E-state index in [-0.39, 0.29) is 28.7 Å². The van der Waals surface area contributed by atoms with Crippen LogP contribution in [0, 0.1) is 5.82 Å². The number of amides is 1. The van der Waals surface area contributed by atoms with E-state index in [2.05, 4.69) is 10.5 Å². The van der Waals surface area contributed by atoms with Crippen LogP contribution in [0.25, 0.3) is 0 Å². The summed E-state index contributed by atoms with van der Waals surface area (Å²) in [6, 6.07) is 14.4. The zero-order chi connectivity index (χ0) is 23.8. The Morgan fingerprint density at radius 3 is 2.48 bits per heavy atom. The summed E-state index contributed by atoms with van der Waals surface area (Å²) in [6.07, 6.45) is 1.37. The summed E-state index contributed by atoms with van der Waals surface area (Å²) in [4.78, 5) is 24.2. The maximum absolute atomic E-state index is 12.9. The Morgan fingerprint density at radius 1 is 1.03 bits per heavy atom. The summed E-state index contributed by atoms with van der Waals surface area (Å²) in [5.74, 6) is -0.796. The lowest BCUT2D eigenvalue weighted by molar-refractivity contribution is -0.123. The minimum atomic E-state index is -0.676. The van der Waals surface area contributed by atoms with Gasteiger partial charge in [-0.25, -0.2) is 14.6 Å². The highest BCUT2D eigenvalue weighted by Gasteiger charge is 2.16. The fraction of sp³-hybridized carbons (Fsp3) is 0.0870. The van der Waals surface area contributed by atoms with E-state index < -0.39 is 17.7 Å². The van der Waals surface area contributed by atoms with Crippen LogP contribution in [0.1, 0.15) is 15.9 Å². The number of nitrogens with one attached hydrogen (secondary N) is 1. The number of nitrogens with zero attached hydrogens (tertiary/aromatic N) is 1. The lowest BCUT2D eigenvalue weighted by atomic mass is 10.2. The number of carbonyl (C=O) groups is 2. The number of rotatable bonds is 8. The van der Waals surface area contributed by atoms with Gasteiger partial charge in [-0.3, -0.25) is 4.79 Å². The monoisotopic (exact) mass is 490 g/mol. The van der Waals surface area contributed by atoms with Gasteiger partial charge in [-0.2, -0.15) is 5.10 Å². The minimum Gasteiger partial charge on any atom is -0.493 e. The molecule has 0 aromatic heterocycles. The lowest BCUT2D eigenvalue weighted by Crippen LogP contribution is -2.24. The normalized spacial score (nSPS) is 10.7. The van der Waals surface area contributed by atoms with Crippen molar-refractivity contribution in [1.29, 1.82) is 0 Å². The molecule has 3 aromatic carbocycles. The van der Waals surface area contributed by atoms with E-state index >= 15 is 0 Å². The van der Waals surface area contributed by atoms with Crippen LogP contribution < -0.4 is 19.6 Å². The summed E-state index contributed by atoms with van der Waals surface area (Å²) in [7, 11) is 1.41. The molecule has 7 nitrogen and oxygen atoms in total. The van der Waals surface area contributed by atoms with Crippen LogP contribution in [0.3, 0.4) is 0 Å². The standard InChI is InChI=1S/C23H17Cl2FN2O5/c1-31-21-10-14(12-27-28-22(29)13-32-17-6-4-16(26)5-7-17)2-9-20(21)33-23(30)18-8-3-15(24)11-19(18)25/h2-12H,13H2,1H3,(H,28,29)/b27-12+. The molecular weight excluding hydrogens is 474 g/mol. The Kier molecular flexibility index (Phi) is 8.23. The number of ether oxygens (including phenoxy) is 3. The van der Waals surface area contributed by atoms with Crippen LogP contribution in [0.15, 0.2) is 65.8 Å². The summed E-state index contributed by atoms with van der Waals surface area (Å²) >= 11 is 11.9. The molecule has 33 heavy (non-hydrogen) atoms. The van der Waals surface area contributed by atoms with E-state index in [1.165, 1.54) is 61.9 Å². The van der Waals surface area contributed by atoms with Gasteiger partial charge >= 0.3 is 5.97 Å². The Morgan fingerprint density at radius 2 is 1.79 bits per heavy atom. The van der Waals surface area contributed by atoms with Crippen LogP contribution in [-0.2, 0) is 4.79 Å². The molecule has 10 heteroatoms. The molecule has 0 bridgehead atoms. The molecule has 3 aromatic rings. The van der Waals surface area contributed by atoms with Gasteiger partial charge in [0.1, 0.15) is 11.6 Å². The van der Waals surface area contributed by atoms with Crippen LogP contribution in [0.4, 0.5) is 4.39 Å². The summed E-state index contributed by atoms with van der Waals surface area (Å²) in [5.41, 5.74) is 3.03. The van der Waals surface area contributed by atoms with Crippen molar-refractivity contribution in [3.8, 4) is 17.2 Å². The lowest BCUT2D eigenvalue weighted by Gasteiger charge is -2.10. The Labute approximate surface area is 198 Å². The summed E-state index contributed by atoms with van der Waals surface area (Å²) in [5, 5.41) is 4.40. The quantitative estimate of drug-likeness (QED) is 0.210. The molecule has 1 N–H and O–H groups in total. The molecule has 0 fully saturated rings. The molecule has 1 amide bonds. The zero-order valence-electron chi connectivity index (χ0n) is 17.2. The molecule has 0 spiro atoms. The van der Waals surface area contributed by atoms with E-state index in [1.807, 2.05) is 0 Å². The highest BCUT2D eigenvalue weighted by Crippen LogP contribution is 2.30. The van der Waals surface area contributed by atoms with Crippen molar-refractivity contribution in [1.82, 2.24) is 5.43 Å². The van der Waals surface area contributed by atoms with E-state index in [9.17, 15) is 14.0 Å². The van der Waals surface area contributed by atoms with Gasteiger partial charge in [0.25, 0.3) is 5.91 Å². The van der Waals surface area contributed by atoms with E-state index in [0.717, 1.165) is 0 Å². The third kappa shape index (κ3) is 6.93. The molecule has 3 rings (SSSR count). The van der Waals surface area contributed by atoms with Gasteiger partial charge in [-0.15, -0.1) is 0 Å². The van der Waals surface area contributed by atoms with Crippen molar-refractivity contribution >= 4 is 41.3 Å². The van der Waals surface area contributed by atoms with Gasteiger partial charge in [0.15, 0.2) is 18.1 Å². The Bertz CT molecular complexity index is 1190. The molecule has 0 saturated heterocycles. The van der Waals surface area contributed by atoms with Crippen LogP contribution in [0.2, 0.25) is 10.0 Å². The number of methoxy groups -OCH3 is 1. The van der Waals surface area contributed by atoms with Gasteiger partial charge in [-0.1, -0.05) is 23.2 Å². The van der Waals surface area contributed by atoms with Gasteiger partial charge in [-0.05, 0) is 66.2 Å². The highest BCUT2D eigenvalue weighted by atomic mass is 35.5. The van der Waals surface area contributed by atoms with Crippen molar-refractivity contribution < 1.29 is 28.2 Å². The largest absolute Gasteiger partial charge is 0.493 e. The maximum Gasteiger partial charge on any atom is 0.345 e. The number of benzene rings is 3. The van der Waals surface area contributed by atoms with Crippen molar-refractivity contribution in [3.05, 3.63) is 87.7 Å². The van der Waals surface area contributed by atoms with Crippen molar-refractivity contribution in [2.45, 2.75) is 0 Å². The minimum absolute atomic E-state index is 0.152. The van der Waals surface area contributed by atoms with E-state index in [1.54, 1.807) is 12.1 Å². The maximum atomic E-state index is 12.9. The molecule has 0 aliphatic carbocycles.